The number of halogens is 1. The maximum Gasteiger partial charge on any atom is 0.167 e. The molecular formula is C15H19BrO. The molecule has 0 unspecified atom stereocenters. The van der Waals surface area contributed by atoms with Crippen molar-refractivity contribution < 1.29 is 4.79 Å². The van der Waals surface area contributed by atoms with E-state index in [2.05, 4.69) is 22.9 Å². The first-order valence-corrected chi connectivity index (χ1v) is 7.18. The fourth-order valence-corrected chi connectivity index (χ4v) is 3.04. The lowest BCUT2D eigenvalue weighted by molar-refractivity contribution is 0.0875. The van der Waals surface area contributed by atoms with Crippen molar-refractivity contribution in [3.63, 3.8) is 0 Å². The molecule has 92 valence electrons. The molecule has 1 saturated carbocycles. The van der Waals surface area contributed by atoms with Gasteiger partial charge in [-0.3, -0.25) is 4.79 Å². The van der Waals surface area contributed by atoms with Gasteiger partial charge in [0.15, 0.2) is 5.78 Å². The zero-order valence-electron chi connectivity index (χ0n) is 10.5. The molecule has 0 heterocycles. The highest BCUT2D eigenvalue weighted by Crippen LogP contribution is 2.32. The molecule has 1 aliphatic carbocycles. The first-order chi connectivity index (χ1) is 8.09. The van der Waals surface area contributed by atoms with Crippen molar-refractivity contribution in [2.24, 2.45) is 11.8 Å². The molecule has 17 heavy (non-hydrogen) atoms. The van der Waals surface area contributed by atoms with Crippen LogP contribution in [0, 0.1) is 18.8 Å². The quantitative estimate of drug-likeness (QED) is 0.718. The number of carbonyl (C=O) groups is 1. The number of hydrogen-bond donors (Lipinski definition) is 0. The Morgan fingerprint density at radius 2 is 1.88 bits per heavy atom. The maximum absolute atomic E-state index is 12.4. The summed E-state index contributed by atoms with van der Waals surface area (Å²) in [6.45, 7) is 4.31. The highest BCUT2D eigenvalue weighted by molar-refractivity contribution is 9.10. The van der Waals surface area contributed by atoms with Gasteiger partial charge in [-0.25, -0.2) is 0 Å². The Balaban J connectivity index is 2.17. The molecular weight excluding hydrogens is 276 g/mol. The number of Topliss-reactive ketones (excluding diaryl/α,β-unsaturated/α-hetero) is 1. The Hall–Kier alpha value is -0.630. The van der Waals surface area contributed by atoms with Crippen molar-refractivity contribution in [1.82, 2.24) is 0 Å². The molecule has 0 spiro atoms. The normalized spacial score (nSPS) is 24.6. The van der Waals surface area contributed by atoms with E-state index in [1.807, 2.05) is 25.1 Å². The lowest BCUT2D eigenvalue weighted by Crippen LogP contribution is -2.21. The van der Waals surface area contributed by atoms with Gasteiger partial charge in [0.05, 0.1) is 0 Å². The van der Waals surface area contributed by atoms with Crippen LogP contribution in [-0.2, 0) is 0 Å². The molecule has 0 bridgehead atoms. The standard InChI is InChI=1S/C15H19BrO/c1-10-6-8-12(9-7-10)15(17)13-5-3-4-11(2)14(13)16/h3-5,10,12H,6-9H2,1-2H3. The van der Waals surface area contributed by atoms with Crippen LogP contribution in [0.4, 0.5) is 0 Å². The van der Waals surface area contributed by atoms with Gasteiger partial charge in [-0.1, -0.05) is 38.0 Å². The van der Waals surface area contributed by atoms with Crippen LogP contribution in [0.2, 0.25) is 0 Å². The molecule has 2 rings (SSSR count). The number of carbonyl (C=O) groups excluding carboxylic acids is 1. The van der Waals surface area contributed by atoms with E-state index in [0.29, 0.717) is 5.78 Å². The Bertz CT molecular complexity index is 417. The first-order valence-electron chi connectivity index (χ1n) is 6.39. The highest BCUT2D eigenvalue weighted by Gasteiger charge is 2.26. The van der Waals surface area contributed by atoms with Gasteiger partial charge in [0.1, 0.15) is 0 Å². The lowest BCUT2D eigenvalue weighted by Gasteiger charge is -2.25. The minimum Gasteiger partial charge on any atom is -0.294 e. The van der Waals surface area contributed by atoms with Gasteiger partial charge in [-0.2, -0.15) is 0 Å². The Morgan fingerprint density at radius 1 is 1.24 bits per heavy atom. The van der Waals surface area contributed by atoms with Crippen molar-refractivity contribution in [3.8, 4) is 0 Å². The van der Waals surface area contributed by atoms with Crippen LogP contribution in [0.5, 0.6) is 0 Å². The zero-order valence-corrected chi connectivity index (χ0v) is 12.1. The number of hydrogen-bond acceptors (Lipinski definition) is 1. The second-order valence-electron chi connectivity index (χ2n) is 5.26. The van der Waals surface area contributed by atoms with Crippen molar-refractivity contribution >= 4 is 21.7 Å². The fraction of sp³-hybridized carbons (Fsp3) is 0.533. The second-order valence-corrected chi connectivity index (χ2v) is 6.05. The van der Waals surface area contributed by atoms with E-state index in [9.17, 15) is 4.79 Å². The summed E-state index contributed by atoms with van der Waals surface area (Å²) in [4.78, 5) is 12.4. The van der Waals surface area contributed by atoms with E-state index in [-0.39, 0.29) is 5.92 Å². The van der Waals surface area contributed by atoms with E-state index in [1.165, 1.54) is 12.8 Å². The third kappa shape index (κ3) is 2.79. The van der Waals surface area contributed by atoms with E-state index in [4.69, 9.17) is 0 Å². The van der Waals surface area contributed by atoms with E-state index < -0.39 is 0 Å². The third-order valence-corrected chi connectivity index (χ3v) is 4.90. The average molecular weight is 295 g/mol. The van der Waals surface area contributed by atoms with Crippen LogP contribution in [0.15, 0.2) is 22.7 Å². The molecule has 1 aromatic carbocycles. The van der Waals surface area contributed by atoms with Gasteiger partial charge >= 0.3 is 0 Å². The van der Waals surface area contributed by atoms with Crippen LogP contribution in [0.3, 0.4) is 0 Å². The summed E-state index contributed by atoms with van der Waals surface area (Å²) in [7, 11) is 0. The van der Waals surface area contributed by atoms with E-state index in [1.54, 1.807) is 0 Å². The average Bonchev–Trinajstić information content (AvgIpc) is 2.33. The number of rotatable bonds is 2. The van der Waals surface area contributed by atoms with Crippen molar-refractivity contribution in [2.45, 2.75) is 39.5 Å². The summed E-state index contributed by atoms with van der Waals surface area (Å²) in [5.41, 5.74) is 2.00. The topological polar surface area (TPSA) is 17.1 Å². The highest BCUT2D eigenvalue weighted by atomic mass is 79.9. The molecule has 0 aromatic heterocycles. The van der Waals surface area contributed by atoms with Gasteiger partial charge in [-0.05, 0) is 47.2 Å². The molecule has 0 atom stereocenters. The Labute approximate surface area is 112 Å². The summed E-state index contributed by atoms with van der Waals surface area (Å²) < 4.78 is 0.976. The molecule has 0 N–H and O–H groups in total. The number of aryl methyl sites for hydroxylation is 1. The summed E-state index contributed by atoms with van der Waals surface area (Å²) in [6.07, 6.45) is 4.50. The molecule has 1 nitrogen and oxygen atoms in total. The molecule has 1 aromatic rings. The van der Waals surface area contributed by atoms with Gasteiger partial charge in [-0.15, -0.1) is 0 Å². The number of benzene rings is 1. The predicted molar refractivity (Wildman–Crippen MR) is 74.3 cm³/mol. The predicted octanol–water partition coefficient (Wildman–Crippen LogP) is 4.77. The summed E-state index contributed by atoms with van der Waals surface area (Å²) in [5, 5.41) is 0. The lowest BCUT2D eigenvalue weighted by atomic mass is 9.79. The molecule has 1 aliphatic rings. The first kappa shape index (κ1) is 12.8. The minimum absolute atomic E-state index is 0.240. The van der Waals surface area contributed by atoms with Gasteiger partial charge in [0.25, 0.3) is 0 Å². The molecule has 0 saturated heterocycles. The zero-order chi connectivity index (χ0) is 12.4. The fourth-order valence-electron chi connectivity index (χ4n) is 2.58. The Morgan fingerprint density at radius 3 is 2.53 bits per heavy atom. The SMILES string of the molecule is Cc1cccc(C(=O)C2CCC(C)CC2)c1Br. The van der Waals surface area contributed by atoms with Crippen LogP contribution >= 0.6 is 15.9 Å². The van der Waals surface area contributed by atoms with Gasteiger partial charge < -0.3 is 0 Å². The maximum atomic E-state index is 12.4. The van der Waals surface area contributed by atoms with Crippen LogP contribution < -0.4 is 0 Å². The van der Waals surface area contributed by atoms with E-state index in [0.717, 1.165) is 34.4 Å². The summed E-state index contributed by atoms with van der Waals surface area (Å²) >= 11 is 3.54. The molecule has 1 fully saturated rings. The number of ketones is 1. The molecule has 0 radical (unpaired) electrons. The molecule has 2 heteroatoms. The van der Waals surface area contributed by atoms with Crippen molar-refractivity contribution in [3.05, 3.63) is 33.8 Å². The minimum atomic E-state index is 0.240. The largest absolute Gasteiger partial charge is 0.294 e. The summed E-state index contributed by atoms with van der Waals surface area (Å²) in [5.74, 6) is 1.36. The monoisotopic (exact) mass is 294 g/mol. The van der Waals surface area contributed by atoms with Crippen LogP contribution in [-0.4, -0.2) is 5.78 Å². The molecule has 0 aliphatic heterocycles. The second kappa shape index (κ2) is 5.34. The van der Waals surface area contributed by atoms with Gasteiger partial charge in [0.2, 0.25) is 0 Å². The van der Waals surface area contributed by atoms with E-state index >= 15 is 0 Å². The Kier molecular flexibility index (Phi) is 4.03. The smallest absolute Gasteiger partial charge is 0.167 e. The summed E-state index contributed by atoms with van der Waals surface area (Å²) in [6, 6.07) is 5.94. The van der Waals surface area contributed by atoms with Crippen LogP contribution in [0.1, 0.15) is 48.5 Å². The third-order valence-electron chi connectivity index (χ3n) is 3.84. The van der Waals surface area contributed by atoms with Gasteiger partial charge in [0, 0.05) is 16.0 Å². The van der Waals surface area contributed by atoms with Crippen molar-refractivity contribution in [2.75, 3.05) is 0 Å². The van der Waals surface area contributed by atoms with Crippen molar-refractivity contribution in [1.29, 1.82) is 0 Å². The van der Waals surface area contributed by atoms with Crippen LogP contribution in [0.25, 0.3) is 0 Å². The molecule has 0 amide bonds.